The number of aryl methyl sites for hydroxylation is 1. The van der Waals surface area contributed by atoms with E-state index in [1.165, 1.54) is 6.08 Å². The molecule has 0 aliphatic carbocycles. The van der Waals surface area contributed by atoms with Crippen molar-refractivity contribution in [3.8, 4) is 17.1 Å². The highest BCUT2D eigenvalue weighted by molar-refractivity contribution is 6.35. The quantitative estimate of drug-likeness (QED) is 0.312. The van der Waals surface area contributed by atoms with Gasteiger partial charge in [0.15, 0.2) is 5.82 Å². The Balaban J connectivity index is 1.63. The normalized spacial score (nSPS) is 14.8. The monoisotopic (exact) mass is 567 g/mol. The molecule has 4 aromatic rings. The van der Waals surface area contributed by atoms with Crippen molar-refractivity contribution in [1.29, 1.82) is 0 Å². The second kappa shape index (κ2) is 11.4. The lowest BCUT2D eigenvalue weighted by atomic mass is 9.95. The third kappa shape index (κ3) is 5.32. The number of anilines is 1. The Morgan fingerprint density at radius 2 is 2.00 bits per heavy atom. The molecule has 12 heteroatoms. The number of carbonyl (C=O) groups excluding carboxylic acids is 1. The van der Waals surface area contributed by atoms with E-state index in [9.17, 15) is 9.90 Å². The summed E-state index contributed by atoms with van der Waals surface area (Å²) in [5, 5.41) is 18.7. The van der Waals surface area contributed by atoms with Gasteiger partial charge in [0.05, 0.1) is 16.7 Å². The number of benzene rings is 2. The summed E-state index contributed by atoms with van der Waals surface area (Å²) < 4.78 is 22.3. The standard InChI is InChI=1S/C28H31ClFN7O3/c1-5-22(39)36-8-10-37(11-9-36)27-18-12-20(29)24(23-16(2)6-7-21-19(23)13-31-34-21)25(30)26(18)32-28(33-27)40-15-17(38)14-35(3)4/h5-7,12-13,17,38H,1,8-11,14-15H2,2-4H3,(H,31,34). The lowest BCUT2D eigenvalue weighted by Crippen LogP contribution is -2.48. The molecule has 1 amide bonds. The second-order valence-electron chi connectivity index (χ2n) is 10.1. The number of rotatable bonds is 8. The highest BCUT2D eigenvalue weighted by Crippen LogP contribution is 2.42. The number of aliphatic hydroxyl groups is 1. The van der Waals surface area contributed by atoms with Crippen LogP contribution < -0.4 is 9.64 Å². The molecule has 2 N–H and O–H groups in total. The topological polar surface area (TPSA) is 111 Å². The molecule has 1 unspecified atom stereocenters. The van der Waals surface area contributed by atoms with Crippen molar-refractivity contribution in [2.75, 3.05) is 58.3 Å². The molecule has 0 saturated carbocycles. The van der Waals surface area contributed by atoms with Crippen LogP contribution in [0.15, 0.2) is 37.1 Å². The van der Waals surface area contributed by atoms with Crippen molar-refractivity contribution in [1.82, 2.24) is 30.0 Å². The predicted octanol–water partition coefficient (Wildman–Crippen LogP) is 3.41. The Labute approximate surface area is 236 Å². The molecule has 0 spiro atoms. The molecule has 0 radical (unpaired) electrons. The molecule has 1 aliphatic rings. The van der Waals surface area contributed by atoms with Gasteiger partial charge in [-0.1, -0.05) is 24.2 Å². The van der Waals surface area contributed by atoms with Gasteiger partial charge in [0, 0.05) is 54.6 Å². The van der Waals surface area contributed by atoms with Gasteiger partial charge < -0.3 is 24.5 Å². The van der Waals surface area contributed by atoms with Gasteiger partial charge in [0.2, 0.25) is 5.91 Å². The third-order valence-electron chi connectivity index (χ3n) is 6.97. The van der Waals surface area contributed by atoms with Crippen molar-refractivity contribution >= 4 is 45.1 Å². The van der Waals surface area contributed by atoms with E-state index in [0.29, 0.717) is 49.5 Å². The van der Waals surface area contributed by atoms with E-state index in [-0.39, 0.29) is 34.6 Å². The Hall–Kier alpha value is -3.80. The molecule has 1 atom stereocenters. The molecular weight excluding hydrogens is 537 g/mol. The molecule has 2 aromatic heterocycles. The van der Waals surface area contributed by atoms with E-state index in [0.717, 1.165) is 16.5 Å². The van der Waals surface area contributed by atoms with Crippen LogP contribution in [-0.4, -0.2) is 101 Å². The number of nitrogens with zero attached hydrogens (tertiary/aromatic N) is 6. The first-order valence-electron chi connectivity index (χ1n) is 12.9. The van der Waals surface area contributed by atoms with Gasteiger partial charge in [-0.15, -0.1) is 0 Å². The maximum Gasteiger partial charge on any atom is 0.319 e. The fourth-order valence-corrected chi connectivity index (χ4v) is 5.35. The van der Waals surface area contributed by atoms with Gasteiger partial charge in [-0.25, -0.2) is 4.39 Å². The largest absolute Gasteiger partial charge is 0.461 e. The summed E-state index contributed by atoms with van der Waals surface area (Å²) in [7, 11) is 3.68. The molecule has 5 rings (SSSR count). The molecule has 1 fully saturated rings. The highest BCUT2D eigenvalue weighted by atomic mass is 35.5. The average Bonchev–Trinajstić information content (AvgIpc) is 3.41. The first-order chi connectivity index (χ1) is 19.2. The summed E-state index contributed by atoms with van der Waals surface area (Å²) in [5.74, 6) is -0.311. The van der Waals surface area contributed by atoms with Crippen molar-refractivity contribution in [2.45, 2.75) is 13.0 Å². The van der Waals surface area contributed by atoms with Gasteiger partial charge in [-0.05, 0) is 44.8 Å². The molecule has 1 aliphatic heterocycles. The zero-order valence-corrected chi connectivity index (χ0v) is 23.4. The van der Waals surface area contributed by atoms with Crippen LogP contribution in [0.3, 0.4) is 0 Å². The van der Waals surface area contributed by atoms with Crippen molar-refractivity contribution in [3.63, 3.8) is 0 Å². The minimum atomic E-state index is -0.793. The predicted molar refractivity (Wildman–Crippen MR) is 153 cm³/mol. The highest BCUT2D eigenvalue weighted by Gasteiger charge is 2.27. The van der Waals surface area contributed by atoms with E-state index in [2.05, 4.69) is 26.7 Å². The van der Waals surface area contributed by atoms with E-state index in [4.69, 9.17) is 16.3 Å². The number of aromatic amines is 1. The molecule has 210 valence electrons. The second-order valence-corrected chi connectivity index (χ2v) is 10.5. The first kappa shape index (κ1) is 27.8. The molecule has 0 bridgehead atoms. The fourth-order valence-electron chi connectivity index (χ4n) is 5.07. The van der Waals surface area contributed by atoms with Crippen LogP contribution >= 0.6 is 11.6 Å². The van der Waals surface area contributed by atoms with Crippen LogP contribution in [-0.2, 0) is 4.79 Å². The number of nitrogens with one attached hydrogen (secondary N) is 1. The molecular formula is C28H31ClFN7O3. The van der Waals surface area contributed by atoms with Crippen LogP contribution in [0.5, 0.6) is 6.01 Å². The number of likely N-dealkylation sites (N-methyl/N-ethyl adjacent to an activating group) is 1. The van der Waals surface area contributed by atoms with Crippen molar-refractivity contribution in [2.24, 2.45) is 0 Å². The first-order valence-corrected chi connectivity index (χ1v) is 13.3. The molecule has 3 heterocycles. The minimum absolute atomic E-state index is 0.0472. The SMILES string of the molecule is C=CC(=O)N1CCN(c2nc(OCC(O)CN(C)C)nc3c(F)c(-c4c(C)ccc5[nH]ncc45)c(Cl)cc23)CC1. The number of ether oxygens (including phenoxy) is 1. The van der Waals surface area contributed by atoms with E-state index >= 15 is 4.39 Å². The summed E-state index contributed by atoms with van der Waals surface area (Å²) >= 11 is 6.79. The number of carbonyl (C=O) groups is 1. The summed E-state index contributed by atoms with van der Waals surface area (Å²) in [6.07, 6.45) is 2.14. The summed E-state index contributed by atoms with van der Waals surface area (Å²) in [6.45, 7) is 7.58. The maximum absolute atomic E-state index is 16.5. The summed E-state index contributed by atoms with van der Waals surface area (Å²) in [5.41, 5.74) is 2.46. The van der Waals surface area contributed by atoms with Gasteiger partial charge in [0.1, 0.15) is 24.0 Å². The number of hydrogen-bond acceptors (Lipinski definition) is 8. The van der Waals surface area contributed by atoms with Crippen LogP contribution in [0.25, 0.3) is 32.9 Å². The molecule has 2 aromatic carbocycles. The smallest absolute Gasteiger partial charge is 0.319 e. The number of aliphatic hydroxyl groups excluding tert-OH is 1. The summed E-state index contributed by atoms with van der Waals surface area (Å²) in [4.78, 5) is 26.6. The molecule has 10 nitrogen and oxygen atoms in total. The van der Waals surface area contributed by atoms with Gasteiger partial charge in [-0.2, -0.15) is 15.1 Å². The fraction of sp³-hybridized carbons (Fsp3) is 0.357. The number of aromatic nitrogens is 4. The molecule has 40 heavy (non-hydrogen) atoms. The number of halogens is 2. The Kier molecular flexibility index (Phi) is 7.88. The zero-order chi connectivity index (χ0) is 28.6. The average molecular weight is 568 g/mol. The number of hydrogen-bond donors (Lipinski definition) is 2. The lowest BCUT2D eigenvalue weighted by Gasteiger charge is -2.35. The molecule has 1 saturated heterocycles. The Morgan fingerprint density at radius 3 is 2.70 bits per heavy atom. The third-order valence-corrected chi connectivity index (χ3v) is 7.27. The Bertz CT molecular complexity index is 1580. The number of H-pyrrole nitrogens is 1. The maximum atomic E-state index is 16.5. The van der Waals surface area contributed by atoms with Crippen molar-refractivity contribution < 1.29 is 19.0 Å². The minimum Gasteiger partial charge on any atom is -0.461 e. The van der Waals surface area contributed by atoms with Crippen LogP contribution in [0.1, 0.15) is 5.56 Å². The van der Waals surface area contributed by atoms with Gasteiger partial charge in [-0.3, -0.25) is 9.89 Å². The lowest BCUT2D eigenvalue weighted by molar-refractivity contribution is -0.126. The Morgan fingerprint density at radius 1 is 1.25 bits per heavy atom. The zero-order valence-electron chi connectivity index (χ0n) is 22.6. The number of piperazine rings is 1. The van der Waals surface area contributed by atoms with E-state index in [1.54, 1.807) is 17.2 Å². The summed E-state index contributed by atoms with van der Waals surface area (Å²) in [6, 6.07) is 5.38. The van der Waals surface area contributed by atoms with Gasteiger partial charge in [0.25, 0.3) is 0 Å². The van der Waals surface area contributed by atoms with E-state index < -0.39 is 11.9 Å². The van der Waals surface area contributed by atoms with Crippen molar-refractivity contribution in [3.05, 3.63) is 53.5 Å². The number of amides is 1. The van der Waals surface area contributed by atoms with Gasteiger partial charge >= 0.3 is 6.01 Å². The number of fused-ring (bicyclic) bond motifs is 2. The van der Waals surface area contributed by atoms with Crippen LogP contribution in [0, 0.1) is 12.7 Å². The van der Waals surface area contributed by atoms with E-state index in [1.807, 2.05) is 43.0 Å². The van der Waals surface area contributed by atoms with Crippen LogP contribution in [0.2, 0.25) is 5.02 Å². The van der Waals surface area contributed by atoms with Crippen LogP contribution in [0.4, 0.5) is 10.2 Å².